The molecule has 29 heavy (non-hydrogen) atoms. The predicted octanol–water partition coefficient (Wildman–Crippen LogP) is 2.89. The van der Waals surface area contributed by atoms with E-state index in [4.69, 9.17) is 5.11 Å². The number of piperazine rings is 1. The molecule has 1 aliphatic rings. The van der Waals surface area contributed by atoms with Gasteiger partial charge in [-0.05, 0) is 35.9 Å². The minimum absolute atomic E-state index is 0.0249. The van der Waals surface area contributed by atoms with Crippen LogP contribution in [-0.2, 0) is 17.5 Å². The van der Waals surface area contributed by atoms with Crippen molar-refractivity contribution in [3.8, 4) is 0 Å². The van der Waals surface area contributed by atoms with Gasteiger partial charge in [-0.2, -0.15) is 13.2 Å². The monoisotopic (exact) mass is 406 g/mol. The third-order valence-corrected chi connectivity index (χ3v) is 4.62. The zero-order valence-electron chi connectivity index (χ0n) is 15.1. The van der Waals surface area contributed by atoms with E-state index in [1.165, 1.54) is 46.2 Å². The lowest BCUT2D eigenvalue weighted by atomic mass is 10.1. The van der Waals surface area contributed by atoms with Crippen LogP contribution in [-0.4, -0.2) is 52.3 Å². The maximum absolute atomic E-state index is 12.6. The molecule has 0 radical (unpaired) electrons. The number of benzene rings is 2. The van der Waals surface area contributed by atoms with Gasteiger partial charge in [0, 0.05) is 25.2 Å². The van der Waals surface area contributed by atoms with Gasteiger partial charge in [-0.1, -0.05) is 18.2 Å². The number of carboxylic acid groups (broad SMARTS) is 1. The Morgan fingerprint density at radius 1 is 1.00 bits per heavy atom. The van der Waals surface area contributed by atoms with Crippen LogP contribution in [0.1, 0.15) is 31.8 Å². The van der Waals surface area contributed by atoms with Gasteiger partial charge in [-0.15, -0.1) is 0 Å². The van der Waals surface area contributed by atoms with Gasteiger partial charge >= 0.3 is 12.1 Å². The third kappa shape index (κ3) is 4.74. The van der Waals surface area contributed by atoms with E-state index in [9.17, 15) is 27.6 Å². The number of carbonyl (C=O) groups excluding carboxylic acids is 2. The van der Waals surface area contributed by atoms with E-state index in [0.717, 1.165) is 12.1 Å². The van der Waals surface area contributed by atoms with Crippen LogP contribution < -0.4 is 0 Å². The van der Waals surface area contributed by atoms with Gasteiger partial charge in [0.2, 0.25) is 5.91 Å². The van der Waals surface area contributed by atoms with Crippen LogP contribution in [0.2, 0.25) is 0 Å². The molecule has 1 fully saturated rings. The fourth-order valence-electron chi connectivity index (χ4n) is 3.04. The van der Waals surface area contributed by atoms with Crippen molar-refractivity contribution in [3.05, 3.63) is 70.8 Å². The number of carboxylic acids is 1. The Morgan fingerprint density at radius 2 is 1.66 bits per heavy atom. The molecule has 3 rings (SSSR count). The van der Waals surface area contributed by atoms with E-state index < -0.39 is 23.6 Å². The van der Waals surface area contributed by atoms with Crippen LogP contribution >= 0.6 is 0 Å². The largest absolute Gasteiger partial charge is 0.478 e. The molecular weight excluding hydrogens is 389 g/mol. The third-order valence-electron chi connectivity index (χ3n) is 4.62. The molecule has 0 saturated carbocycles. The number of hydrogen-bond acceptors (Lipinski definition) is 3. The van der Waals surface area contributed by atoms with Gasteiger partial charge in [-0.3, -0.25) is 9.59 Å². The van der Waals surface area contributed by atoms with Crippen molar-refractivity contribution in [1.29, 1.82) is 0 Å². The van der Waals surface area contributed by atoms with E-state index in [1.807, 2.05) is 0 Å². The average Bonchev–Trinajstić information content (AvgIpc) is 2.68. The molecule has 9 heteroatoms. The Hall–Kier alpha value is -3.36. The molecule has 1 heterocycles. The summed E-state index contributed by atoms with van der Waals surface area (Å²) in [6.45, 7) is 0.428. The van der Waals surface area contributed by atoms with Crippen molar-refractivity contribution in [1.82, 2.24) is 9.80 Å². The average molecular weight is 406 g/mol. The molecule has 2 aromatic rings. The lowest BCUT2D eigenvalue weighted by Crippen LogP contribution is -2.51. The molecule has 1 N–H and O–H groups in total. The van der Waals surface area contributed by atoms with Crippen LogP contribution in [0.4, 0.5) is 13.2 Å². The Balaban J connectivity index is 1.63. The molecule has 0 spiro atoms. The summed E-state index contributed by atoms with van der Waals surface area (Å²) in [5, 5.41) is 9.03. The first-order valence-corrected chi connectivity index (χ1v) is 8.71. The van der Waals surface area contributed by atoms with Gasteiger partial charge in [0.15, 0.2) is 0 Å². The summed E-state index contributed by atoms with van der Waals surface area (Å²) in [5.74, 6) is -1.94. The van der Waals surface area contributed by atoms with E-state index in [0.29, 0.717) is 5.56 Å². The number of carbonyl (C=O) groups is 3. The Kier molecular flexibility index (Phi) is 5.58. The molecule has 0 bridgehead atoms. The van der Waals surface area contributed by atoms with Crippen LogP contribution in [0.15, 0.2) is 48.5 Å². The molecule has 1 saturated heterocycles. The van der Waals surface area contributed by atoms with Crippen molar-refractivity contribution in [2.75, 3.05) is 19.6 Å². The van der Waals surface area contributed by atoms with Crippen molar-refractivity contribution in [2.24, 2.45) is 0 Å². The summed E-state index contributed by atoms with van der Waals surface area (Å²) >= 11 is 0. The molecule has 0 aromatic heterocycles. The van der Waals surface area contributed by atoms with E-state index in [-0.39, 0.29) is 43.2 Å². The molecule has 0 unspecified atom stereocenters. The topological polar surface area (TPSA) is 77.9 Å². The van der Waals surface area contributed by atoms with Crippen LogP contribution in [0, 0.1) is 0 Å². The summed E-state index contributed by atoms with van der Waals surface area (Å²) in [7, 11) is 0. The van der Waals surface area contributed by atoms with Crippen molar-refractivity contribution in [3.63, 3.8) is 0 Å². The molecule has 6 nitrogen and oxygen atoms in total. The van der Waals surface area contributed by atoms with Crippen LogP contribution in [0.5, 0.6) is 0 Å². The summed E-state index contributed by atoms with van der Waals surface area (Å²) in [5.41, 5.74) is -0.0520. The minimum Gasteiger partial charge on any atom is -0.478 e. The number of aromatic carboxylic acids is 1. The van der Waals surface area contributed by atoms with Crippen molar-refractivity contribution in [2.45, 2.75) is 12.7 Å². The molecule has 2 amide bonds. The highest BCUT2D eigenvalue weighted by Crippen LogP contribution is 2.29. The fraction of sp³-hybridized carbons (Fsp3) is 0.250. The van der Waals surface area contributed by atoms with Crippen LogP contribution in [0.3, 0.4) is 0 Å². The number of alkyl halides is 3. The first-order chi connectivity index (χ1) is 13.6. The van der Waals surface area contributed by atoms with Crippen LogP contribution in [0.25, 0.3) is 0 Å². The van der Waals surface area contributed by atoms with E-state index in [1.54, 1.807) is 0 Å². The molecule has 2 aromatic carbocycles. The summed E-state index contributed by atoms with van der Waals surface area (Å²) in [4.78, 5) is 38.8. The highest BCUT2D eigenvalue weighted by Gasteiger charge is 2.31. The highest BCUT2D eigenvalue weighted by atomic mass is 19.4. The first-order valence-electron chi connectivity index (χ1n) is 8.71. The maximum atomic E-state index is 12.6. The van der Waals surface area contributed by atoms with Gasteiger partial charge in [0.1, 0.15) is 6.54 Å². The smallest absolute Gasteiger partial charge is 0.416 e. The predicted molar refractivity (Wildman–Crippen MR) is 96.2 cm³/mol. The number of rotatable bonds is 4. The quantitative estimate of drug-likeness (QED) is 0.847. The van der Waals surface area contributed by atoms with Crippen molar-refractivity contribution < 1.29 is 32.7 Å². The molecule has 1 aliphatic heterocycles. The van der Waals surface area contributed by atoms with E-state index >= 15 is 0 Å². The van der Waals surface area contributed by atoms with Gasteiger partial charge in [0.05, 0.1) is 11.1 Å². The number of hydrogen-bond donors (Lipinski definition) is 1. The normalized spacial score (nSPS) is 14.8. The maximum Gasteiger partial charge on any atom is 0.416 e. The Morgan fingerprint density at radius 3 is 2.24 bits per heavy atom. The Labute approximate surface area is 164 Å². The summed E-state index contributed by atoms with van der Waals surface area (Å²) < 4.78 is 37.9. The molecular formula is C20H17F3N2O4. The minimum atomic E-state index is -4.42. The number of nitrogens with zero attached hydrogens (tertiary/aromatic N) is 2. The second-order valence-electron chi connectivity index (χ2n) is 6.62. The van der Waals surface area contributed by atoms with Gasteiger partial charge in [-0.25, -0.2) is 4.79 Å². The Bertz CT molecular complexity index is 941. The van der Waals surface area contributed by atoms with E-state index in [2.05, 4.69) is 0 Å². The first kappa shape index (κ1) is 20.4. The SMILES string of the molecule is O=C(O)c1cccc(C(=O)N2CCN(Cc3ccc(C(F)(F)F)cc3)C(=O)C2)c1. The zero-order chi connectivity index (χ0) is 21.2. The van der Waals surface area contributed by atoms with Crippen molar-refractivity contribution >= 4 is 17.8 Å². The second-order valence-corrected chi connectivity index (χ2v) is 6.62. The molecule has 152 valence electrons. The van der Waals surface area contributed by atoms with Gasteiger partial charge < -0.3 is 14.9 Å². The second kappa shape index (κ2) is 7.94. The van der Waals surface area contributed by atoms with Gasteiger partial charge in [0.25, 0.3) is 5.91 Å². The molecule has 0 aliphatic carbocycles. The lowest BCUT2D eigenvalue weighted by Gasteiger charge is -2.34. The molecule has 0 atom stereocenters. The number of halogens is 3. The fourth-order valence-corrected chi connectivity index (χ4v) is 3.04. The summed E-state index contributed by atoms with van der Waals surface area (Å²) in [6, 6.07) is 10.1. The lowest BCUT2D eigenvalue weighted by molar-refractivity contribution is -0.138. The highest BCUT2D eigenvalue weighted by molar-refractivity contribution is 5.99. The zero-order valence-corrected chi connectivity index (χ0v) is 15.1. The summed E-state index contributed by atoms with van der Waals surface area (Å²) in [6.07, 6.45) is -4.42. The number of amides is 2. The standard InChI is InChI=1S/C20H17F3N2O4/c21-20(22,23)16-6-4-13(5-7-16)11-24-8-9-25(12-17(24)26)18(27)14-2-1-3-15(10-14)19(28)29/h1-7,10H,8-9,11-12H2,(H,28,29).